The molecular weight excluding hydrogens is 358 g/mol. The van der Waals surface area contributed by atoms with Crippen molar-refractivity contribution in [3.63, 3.8) is 0 Å². The van der Waals surface area contributed by atoms with Crippen LogP contribution >= 0.6 is 0 Å². The van der Waals surface area contributed by atoms with Gasteiger partial charge in [0.2, 0.25) is 0 Å². The summed E-state index contributed by atoms with van der Waals surface area (Å²) >= 11 is 0. The number of hydrogen-bond donors (Lipinski definition) is 2. The van der Waals surface area contributed by atoms with Gasteiger partial charge in [-0.05, 0) is 30.0 Å². The van der Waals surface area contributed by atoms with Gasteiger partial charge in [-0.3, -0.25) is 9.59 Å². The molecule has 0 spiro atoms. The maximum atomic E-state index is 12.4. The first-order valence-electron chi connectivity index (χ1n) is 9.04. The Hall–Kier alpha value is -3.48. The normalized spacial score (nSPS) is 11.8. The molecule has 3 rings (SSSR count). The predicted molar refractivity (Wildman–Crippen MR) is 106 cm³/mol. The zero-order valence-corrected chi connectivity index (χ0v) is 15.7. The number of aromatic nitrogens is 2. The first-order valence-corrected chi connectivity index (χ1v) is 9.04. The Morgan fingerprint density at radius 1 is 1.11 bits per heavy atom. The fraction of sp³-hybridized carbons (Fsp3) is 0.238. The molecule has 28 heavy (non-hydrogen) atoms. The van der Waals surface area contributed by atoms with Gasteiger partial charge in [-0.2, -0.15) is 5.10 Å². The van der Waals surface area contributed by atoms with Crippen LogP contribution in [0.25, 0.3) is 10.8 Å². The van der Waals surface area contributed by atoms with E-state index in [1.165, 1.54) is 0 Å². The number of amides is 1. The average molecular weight is 379 g/mol. The highest BCUT2D eigenvalue weighted by Crippen LogP contribution is 2.26. The van der Waals surface area contributed by atoms with E-state index >= 15 is 0 Å². The maximum absolute atomic E-state index is 12.4. The van der Waals surface area contributed by atoms with E-state index in [0.29, 0.717) is 16.5 Å². The number of H-pyrrole nitrogens is 1. The second-order valence-electron chi connectivity index (χ2n) is 6.47. The molecule has 0 aliphatic carbocycles. The molecule has 1 heterocycles. The zero-order valence-electron chi connectivity index (χ0n) is 15.7. The van der Waals surface area contributed by atoms with E-state index in [2.05, 4.69) is 29.4 Å². The highest BCUT2D eigenvalue weighted by atomic mass is 16.5. The van der Waals surface area contributed by atoms with Crippen molar-refractivity contribution < 1.29 is 14.3 Å². The van der Waals surface area contributed by atoms with E-state index in [4.69, 9.17) is 4.74 Å². The van der Waals surface area contributed by atoms with Gasteiger partial charge < -0.3 is 10.1 Å². The minimum absolute atomic E-state index is 0.0389. The van der Waals surface area contributed by atoms with Gasteiger partial charge in [0.25, 0.3) is 11.5 Å². The number of hydrogen-bond acceptors (Lipinski definition) is 5. The van der Waals surface area contributed by atoms with Gasteiger partial charge in [0.15, 0.2) is 12.3 Å². The van der Waals surface area contributed by atoms with E-state index in [1.54, 1.807) is 24.3 Å². The summed E-state index contributed by atoms with van der Waals surface area (Å²) in [5.41, 5.74) is 1.29. The predicted octanol–water partition coefficient (Wildman–Crippen LogP) is 3.23. The molecule has 0 unspecified atom stereocenters. The molecule has 0 saturated carbocycles. The summed E-state index contributed by atoms with van der Waals surface area (Å²) in [7, 11) is 0. The third-order valence-electron chi connectivity index (χ3n) is 4.60. The summed E-state index contributed by atoms with van der Waals surface area (Å²) in [6, 6.07) is 14.1. The Bertz CT molecular complexity index is 1070. The number of fused-ring (bicyclic) bond motifs is 1. The van der Waals surface area contributed by atoms with Crippen LogP contribution in [-0.2, 0) is 9.53 Å². The van der Waals surface area contributed by atoms with Crippen molar-refractivity contribution in [2.24, 2.45) is 0 Å². The van der Waals surface area contributed by atoms with E-state index < -0.39 is 24.0 Å². The standard InChI is InChI=1S/C21H21N3O4/c1-3-13(2)14-8-6-7-11-17(14)22-18(25)12-28-21(27)19-15-9-4-5-10-16(15)20(26)24-23-19/h4-11,13H,3,12H2,1-2H3,(H,22,25)(H,24,26)/t13-/m1/s1. The third kappa shape index (κ3) is 4.09. The second kappa shape index (κ2) is 8.47. The number of anilines is 1. The van der Waals surface area contributed by atoms with Crippen LogP contribution in [0.3, 0.4) is 0 Å². The molecule has 0 radical (unpaired) electrons. The number of nitrogens with one attached hydrogen (secondary N) is 2. The molecule has 0 aliphatic rings. The van der Waals surface area contributed by atoms with E-state index in [0.717, 1.165) is 12.0 Å². The first kappa shape index (κ1) is 19.3. The van der Waals surface area contributed by atoms with Crippen molar-refractivity contribution >= 4 is 28.3 Å². The number of aromatic amines is 1. The van der Waals surface area contributed by atoms with Crippen LogP contribution in [0.15, 0.2) is 53.3 Å². The largest absolute Gasteiger partial charge is 0.451 e. The summed E-state index contributed by atoms with van der Waals surface area (Å²) in [4.78, 5) is 36.4. The number of para-hydroxylation sites is 1. The molecule has 1 atom stereocenters. The van der Waals surface area contributed by atoms with E-state index in [9.17, 15) is 14.4 Å². The van der Waals surface area contributed by atoms with Crippen molar-refractivity contribution in [3.05, 3.63) is 70.1 Å². The van der Waals surface area contributed by atoms with Crippen molar-refractivity contribution in [1.82, 2.24) is 10.2 Å². The number of ether oxygens (including phenoxy) is 1. The molecular formula is C21H21N3O4. The van der Waals surface area contributed by atoms with E-state index in [-0.39, 0.29) is 11.6 Å². The van der Waals surface area contributed by atoms with Gasteiger partial charge >= 0.3 is 5.97 Å². The molecule has 2 aromatic carbocycles. The van der Waals surface area contributed by atoms with Crippen LogP contribution in [0, 0.1) is 0 Å². The summed E-state index contributed by atoms with van der Waals surface area (Å²) in [6.45, 7) is 3.70. The fourth-order valence-electron chi connectivity index (χ4n) is 2.92. The molecule has 0 aliphatic heterocycles. The van der Waals surface area contributed by atoms with Gasteiger partial charge in [0.05, 0.1) is 5.39 Å². The van der Waals surface area contributed by atoms with Crippen molar-refractivity contribution in [2.75, 3.05) is 11.9 Å². The lowest BCUT2D eigenvalue weighted by molar-refractivity contribution is -0.119. The molecule has 0 bridgehead atoms. The van der Waals surface area contributed by atoms with Crippen LogP contribution in [-0.4, -0.2) is 28.7 Å². The van der Waals surface area contributed by atoms with Crippen LogP contribution < -0.4 is 10.9 Å². The number of rotatable bonds is 6. The molecule has 1 amide bonds. The first-order chi connectivity index (χ1) is 13.5. The quantitative estimate of drug-likeness (QED) is 0.640. The molecule has 0 saturated heterocycles. The minimum atomic E-state index is -0.780. The topological polar surface area (TPSA) is 101 Å². The van der Waals surface area contributed by atoms with Crippen LogP contribution in [0.4, 0.5) is 5.69 Å². The fourth-order valence-corrected chi connectivity index (χ4v) is 2.92. The number of esters is 1. The van der Waals surface area contributed by atoms with Gasteiger partial charge in [0, 0.05) is 11.1 Å². The number of benzene rings is 2. The van der Waals surface area contributed by atoms with Crippen LogP contribution in [0.2, 0.25) is 0 Å². The van der Waals surface area contributed by atoms with Crippen molar-refractivity contribution in [3.8, 4) is 0 Å². The lowest BCUT2D eigenvalue weighted by Crippen LogP contribution is -2.23. The van der Waals surface area contributed by atoms with Crippen LogP contribution in [0.1, 0.15) is 42.2 Å². The van der Waals surface area contributed by atoms with Gasteiger partial charge in [-0.15, -0.1) is 0 Å². The summed E-state index contributed by atoms with van der Waals surface area (Å²) in [5.74, 6) is -0.939. The molecule has 7 heteroatoms. The second-order valence-corrected chi connectivity index (χ2v) is 6.47. The highest BCUT2D eigenvalue weighted by molar-refractivity contribution is 6.03. The Kier molecular flexibility index (Phi) is 5.84. The van der Waals surface area contributed by atoms with Gasteiger partial charge in [-0.25, -0.2) is 9.89 Å². The SMILES string of the molecule is CC[C@@H](C)c1ccccc1NC(=O)COC(=O)c1n[nH]c(=O)c2ccccc12. The molecule has 144 valence electrons. The minimum Gasteiger partial charge on any atom is -0.451 e. The van der Waals surface area contributed by atoms with Gasteiger partial charge in [0.1, 0.15) is 0 Å². The third-order valence-corrected chi connectivity index (χ3v) is 4.60. The molecule has 1 aromatic heterocycles. The number of nitrogens with zero attached hydrogens (tertiary/aromatic N) is 1. The smallest absolute Gasteiger partial charge is 0.359 e. The van der Waals surface area contributed by atoms with Crippen LogP contribution in [0.5, 0.6) is 0 Å². The lowest BCUT2D eigenvalue weighted by Gasteiger charge is -2.15. The summed E-state index contributed by atoms with van der Waals surface area (Å²) in [6.07, 6.45) is 0.937. The van der Waals surface area contributed by atoms with Gasteiger partial charge in [-0.1, -0.05) is 50.2 Å². The molecule has 3 aromatic rings. The molecule has 0 fully saturated rings. The van der Waals surface area contributed by atoms with Crippen molar-refractivity contribution in [2.45, 2.75) is 26.2 Å². The Balaban J connectivity index is 1.70. The summed E-state index contributed by atoms with van der Waals surface area (Å²) in [5, 5.41) is 9.53. The Morgan fingerprint density at radius 3 is 2.54 bits per heavy atom. The number of carbonyl (C=O) groups excluding carboxylic acids is 2. The Labute approximate surface area is 161 Å². The van der Waals surface area contributed by atoms with Crippen molar-refractivity contribution in [1.29, 1.82) is 0 Å². The number of carbonyl (C=O) groups is 2. The maximum Gasteiger partial charge on any atom is 0.359 e. The summed E-state index contributed by atoms with van der Waals surface area (Å²) < 4.78 is 5.10. The highest BCUT2D eigenvalue weighted by Gasteiger charge is 2.17. The average Bonchev–Trinajstić information content (AvgIpc) is 2.72. The van der Waals surface area contributed by atoms with E-state index in [1.807, 2.05) is 24.3 Å². The monoisotopic (exact) mass is 379 g/mol. The molecule has 2 N–H and O–H groups in total. The zero-order chi connectivity index (χ0) is 20.1. The lowest BCUT2D eigenvalue weighted by atomic mass is 9.97. The molecule has 7 nitrogen and oxygen atoms in total. The Morgan fingerprint density at radius 2 is 1.79 bits per heavy atom.